The van der Waals surface area contributed by atoms with Gasteiger partial charge in [-0.3, -0.25) is 14.4 Å². The second kappa shape index (κ2) is 7.96. The maximum Gasteiger partial charge on any atom is 0.274 e. The van der Waals surface area contributed by atoms with Crippen molar-refractivity contribution in [2.45, 2.75) is 38.9 Å². The number of fused-ring (bicyclic) bond motifs is 2. The van der Waals surface area contributed by atoms with Crippen LogP contribution in [0.2, 0.25) is 5.02 Å². The maximum atomic E-state index is 13.9. The Morgan fingerprint density at radius 1 is 1.32 bits per heavy atom. The molecule has 1 aromatic heterocycles. The second-order valence-electron chi connectivity index (χ2n) is 7.94. The van der Waals surface area contributed by atoms with Gasteiger partial charge in [0.05, 0.1) is 11.1 Å². The van der Waals surface area contributed by atoms with Crippen LogP contribution in [0.15, 0.2) is 23.1 Å². The van der Waals surface area contributed by atoms with Crippen molar-refractivity contribution in [1.82, 2.24) is 14.8 Å². The van der Waals surface area contributed by atoms with E-state index in [2.05, 4.69) is 5.32 Å². The number of nitrogens with one attached hydrogen (secondary N) is 1. The number of rotatable bonds is 3. The number of carbonyl (C=O) groups excluding carboxylic acids is 2. The summed E-state index contributed by atoms with van der Waals surface area (Å²) >= 11 is 5.83. The van der Waals surface area contributed by atoms with Gasteiger partial charge in [0.15, 0.2) is 11.4 Å². The van der Waals surface area contributed by atoms with E-state index in [1.54, 1.807) is 4.90 Å². The minimum atomic E-state index is -0.994. The molecule has 0 unspecified atom stereocenters. The lowest BCUT2D eigenvalue weighted by Crippen LogP contribution is -2.54. The first-order chi connectivity index (χ1) is 14.7. The number of hydrogen-bond donors (Lipinski definition) is 2. The second-order valence-corrected chi connectivity index (χ2v) is 8.34. The largest absolute Gasteiger partial charge is 0.503 e. The zero-order chi connectivity index (χ0) is 22.4. The number of hydrogen-bond acceptors (Lipinski definition) is 4. The summed E-state index contributed by atoms with van der Waals surface area (Å²) in [6, 6.07) is 1.45. The van der Waals surface area contributed by atoms with Gasteiger partial charge in [0, 0.05) is 37.5 Å². The predicted octanol–water partition coefficient (Wildman–Crippen LogP) is 2.67. The summed E-state index contributed by atoms with van der Waals surface area (Å²) in [6.07, 6.45) is 3.04. The number of amides is 2. The maximum absolute atomic E-state index is 13.9. The molecule has 2 aliphatic heterocycles. The molecule has 0 radical (unpaired) electrons. The molecule has 31 heavy (non-hydrogen) atoms. The highest BCUT2D eigenvalue weighted by molar-refractivity contribution is 6.31. The highest BCUT2D eigenvalue weighted by atomic mass is 35.5. The molecule has 1 aromatic carbocycles. The Morgan fingerprint density at radius 2 is 2.06 bits per heavy atom. The number of halogens is 3. The highest BCUT2D eigenvalue weighted by Gasteiger charge is 2.40. The standard InChI is InChI=1S/C21H20ClF2N3O4/c1-10-3-2-4-27-16(10)9-26-8-13(18(28)19(29)17(26)21(27)31)20(30)25-7-12-14(22)5-11(23)6-15(12)24/h5-6,8,10,16,29H,2-4,7,9H2,1H3,(H,25,30)/t10-,16-/m0/s1. The number of piperidine rings is 1. The fourth-order valence-corrected chi connectivity index (χ4v) is 4.56. The summed E-state index contributed by atoms with van der Waals surface area (Å²) in [4.78, 5) is 39.8. The molecule has 0 spiro atoms. The summed E-state index contributed by atoms with van der Waals surface area (Å²) < 4.78 is 28.6. The van der Waals surface area contributed by atoms with Crippen LogP contribution in [0.25, 0.3) is 0 Å². The molecule has 2 aliphatic rings. The van der Waals surface area contributed by atoms with Crippen LogP contribution >= 0.6 is 11.6 Å². The number of nitrogens with zero attached hydrogens (tertiary/aromatic N) is 2. The lowest BCUT2D eigenvalue weighted by Gasteiger charge is -2.44. The van der Waals surface area contributed by atoms with Crippen LogP contribution in [0, 0.1) is 17.6 Å². The third-order valence-corrected chi connectivity index (χ3v) is 6.33. The summed E-state index contributed by atoms with van der Waals surface area (Å²) in [6.45, 7) is 2.53. The van der Waals surface area contributed by atoms with E-state index in [1.165, 1.54) is 10.8 Å². The van der Waals surface area contributed by atoms with Crippen molar-refractivity contribution in [3.8, 4) is 5.75 Å². The van der Waals surface area contributed by atoms with Gasteiger partial charge < -0.3 is 19.9 Å². The normalized spacial score (nSPS) is 20.3. The number of carbonyl (C=O) groups is 2. The molecule has 164 valence electrons. The number of pyridine rings is 1. The zero-order valence-electron chi connectivity index (χ0n) is 16.6. The Morgan fingerprint density at radius 3 is 2.77 bits per heavy atom. The quantitative estimate of drug-likeness (QED) is 0.750. The molecule has 1 fully saturated rings. The molecule has 2 atom stereocenters. The summed E-state index contributed by atoms with van der Waals surface area (Å²) in [5.41, 5.74) is -1.66. The topological polar surface area (TPSA) is 91.6 Å². The third-order valence-electron chi connectivity index (χ3n) is 6.00. The first-order valence-electron chi connectivity index (χ1n) is 9.88. The monoisotopic (exact) mass is 451 g/mol. The summed E-state index contributed by atoms with van der Waals surface area (Å²) in [5.74, 6) is -3.67. The van der Waals surface area contributed by atoms with Gasteiger partial charge in [0.25, 0.3) is 11.8 Å². The van der Waals surface area contributed by atoms with Gasteiger partial charge in [-0.25, -0.2) is 8.78 Å². The van der Waals surface area contributed by atoms with E-state index >= 15 is 0 Å². The van der Waals surface area contributed by atoms with E-state index in [-0.39, 0.29) is 33.8 Å². The Balaban J connectivity index is 1.64. The van der Waals surface area contributed by atoms with Crippen molar-refractivity contribution in [3.63, 3.8) is 0 Å². The summed E-state index contributed by atoms with van der Waals surface area (Å²) in [7, 11) is 0. The van der Waals surface area contributed by atoms with Crippen LogP contribution in [-0.2, 0) is 13.1 Å². The molecule has 0 bridgehead atoms. The molecule has 4 rings (SSSR count). The lowest BCUT2D eigenvalue weighted by atomic mass is 9.88. The predicted molar refractivity (Wildman–Crippen MR) is 108 cm³/mol. The van der Waals surface area contributed by atoms with Crippen molar-refractivity contribution >= 4 is 23.4 Å². The van der Waals surface area contributed by atoms with E-state index < -0.39 is 41.2 Å². The fraction of sp³-hybridized carbons (Fsp3) is 0.381. The number of aromatic nitrogens is 1. The molecule has 2 aromatic rings. The van der Waals surface area contributed by atoms with Gasteiger partial charge in [-0.15, -0.1) is 0 Å². The van der Waals surface area contributed by atoms with E-state index in [0.29, 0.717) is 19.2 Å². The average Bonchev–Trinajstić information content (AvgIpc) is 2.70. The molecular weight excluding hydrogens is 432 g/mol. The molecule has 0 aliphatic carbocycles. The SMILES string of the molecule is C[C@H]1CCCN2C(=O)c3c(O)c(=O)c(C(=O)NCc4c(F)cc(F)cc4Cl)cn3C[C@@H]12. The smallest absolute Gasteiger partial charge is 0.274 e. The van der Waals surface area contributed by atoms with Crippen LogP contribution < -0.4 is 10.7 Å². The van der Waals surface area contributed by atoms with Crippen molar-refractivity contribution in [3.05, 3.63) is 62.0 Å². The minimum Gasteiger partial charge on any atom is -0.503 e. The summed E-state index contributed by atoms with van der Waals surface area (Å²) in [5, 5.41) is 12.6. The van der Waals surface area contributed by atoms with E-state index in [4.69, 9.17) is 11.6 Å². The highest BCUT2D eigenvalue weighted by Crippen LogP contribution is 2.32. The van der Waals surface area contributed by atoms with Crippen LogP contribution in [0.4, 0.5) is 8.78 Å². The van der Waals surface area contributed by atoms with E-state index in [1.807, 2.05) is 6.92 Å². The van der Waals surface area contributed by atoms with Crippen LogP contribution in [0.1, 0.15) is 46.2 Å². The molecule has 10 heteroatoms. The molecule has 1 saturated heterocycles. The first-order valence-corrected chi connectivity index (χ1v) is 10.3. The van der Waals surface area contributed by atoms with Gasteiger partial charge in [-0.1, -0.05) is 18.5 Å². The van der Waals surface area contributed by atoms with Crippen molar-refractivity contribution in [2.24, 2.45) is 5.92 Å². The molecule has 2 amide bonds. The Hall–Kier alpha value is -2.94. The zero-order valence-corrected chi connectivity index (χ0v) is 17.4. The Kier molecular flexibility index (Phi) is 5.47. The van der Waals surface area contributed by atoms with E-state index in [0.717, 1.165) is 18.9 Å². The molecule has 2 N–H and O–H groups in total. The van der Waals surface area contributed by atoms with Gasteiger partial charge in [0.1, 0.15) is 17.2 Å². The van der Waals surface area contributed by atoms with Crippen molar-refractivity contribution < 1.29 is 23.5 Å². The number of aromatic hydroxyl groups is 1. The van der Waals surface area contributed by atoms with Crippen molar-refractivity contribution in [1.29, 1.82) is 0 Å². The molecule has 3 heterocycles. The molecular formula is C21H20ClF2N3O4. The van der Waals surface area contributed by atoms with Gasteiger partial charge in [-0.2, -0.15) is 0 Å². The van der Waals surface area contributed by atoms with E-state index in [9.17, 15) is 28.3 Å². The Bertz CT molecular complexity index is 1130. The molecule has 0 saturated carbocycles. The third kappa shape index (κ3) is 3.67. The lowest BCUT2D eigenvalue weighted by molar-refractivity contribution is 0.0383. The van der Waals surface area contributed by atoms with Crippen LogP contribution in [-0.4, -0.2) is 39.0 Å². The average molecular weight is 452 g/mol. The van der Waals surface area contributed by atoms with Crippen LogP contribution in [0.3, 0.4) is 0 Å². The Labute approximate surface area is 181 Å². The van der Waals surface area contributed by atoms with Crippen LogP contribution in [0.5, 0.6) is 5.75 Å². The van der Waals surface area contributed by atoms with Crippen molar-refractivity contribution in [2.75, 3.05) is 6.54 Å². The fourth-order valence-electron chi connectivity index (χ4n) is 4.30. The van der Waals surface area contributed by atoms with Gasteiger partial charge >= 0.3 is 0 Å². The number of benzene rings is 1. The first kappa shape index (κ1) is 21.3. The van der Waals surface area contributed by atoms with Gasteiger partial charge in [0.2, 0.25) is 5.43 Å². The van der Waals surface area contributed by atoms with Gasteiger partial charge in [-0.05, 0) is 24.8 Å². The minimum absolute atomic E-state index is 0.0984. The molecule has 7 nitrogen and oxygen atoms in total.